The number of hydrogen-bond acceptors (Lipinski definition) is 4. The SMILES string of the molecule is O=C(O)CCCOc1cc(Br)cc([N+](=O)[O-])c1. The van der Waals surface area contributed by atoms with Gasteiger partial charge < -0.3 is 9.84 Å². The summed E-state index contributed by atoms with van der Waals surface area (Å²) in [6.07, 6.45) is 0.367. The zero-order chi connectivity index (χ0) is 12.8. The summed E-state index contributed by atoms with van der Waals surface area (Å²) in [5.74, 6) is -0.551. The molecule has 1 aromatic rings. The highest BCUT2D eigenvalue weighted by atomic mass is 79.9. The van der Waals surface area contributed by atoms with Crippen LogP contribution in [0.15, 0.2) is 22.7 Å². The highest BCUT2D eigenvalue weighted by Crippen LogP contribution is 2.26. The van der Waals surface area contributed by atoms with Gasteiger partial charge in [0.25, 0.3) is 5.69 Å². The number of carboxylic acid groups (broad SMARTS) is 1. The number of nitro groups is 1. The molecule has 92 valence electrons. The van der Waals surface area contributed by atoms with E-state index >= 15 is 0 Å². The monoisotopic (exact) mass is 303 g/mol. The third kappa shape index (κ3) is 4.81. The molecule has 0 radical (unpaired) electrons. The Bertz CT molecular complexity index is 435. The van der Waals surface area contributed by atoms with Gasteiger partial charge in [0.2, 0.25) is 0 Å². The van der Waals surface area contributed by atoms with Crippen molar-refractivity contribution in [3.63, 3.8) is 0 Å². The molecule has 0 atom stereocenters. The van der Waals surface area contributed by atoms with Crippen LogP contribution in [-0.2, 0) is 4.79 Å². The van der Waals surface area contributed by atoms with Crippen LogP contribution in [0.5, 0.6) is 5.75 Å². The quantitative estimate of drug-likeness (QED) is 0.495. The number of hydrogen-bond donors (Lipinski definition) is 1. The minimum absolute atomic E-state index is 0.0100. The zero-order valence-corrected chi connectivity index (χ0v) is 10.3. The molecular formula is C10H10BrNO5. The van der Waals surface area contributed by atoms with Crippen molar-refractivity contribution in [2.45, 2.75) is 12.8 Å². The molecule has 1 aromatic carbocycles. The number of nitrogens with zero attached hydrogens (tertiary/aromatic N) is 1. The van der Waals surface area contributed by atoms with E-state index in [9.17, 15) is 14.9 Å². The molecule has 1 N–H and O–H groups in total. The molecule has 0 aromatic heterocycles. The first-order chi connectivity index (χ1) is 7.99. The third-order valence-corrected chi connectivity index (χ3v) is 2.33. The lowest BCUT2D eigenvalue weighted by atomic mass is 10.3. The molecule has 0 heterocycles. The van der Waals surface area contributed by atoms with Gasteiger partial charge in [-0.3, -0.25) is 14.9 Å². The first kappa shape index (κ1) is 13.4. The fourth-order valence-electron chi connectivity index (χ4n) is 1.15. The van der Waals surface area contributed by atoms with E-state index in [2.05, 4.69) is 15.9 Å². The van der Waals surface area contributed by atoms with Crippen LogP contribution < -0.4 is 4.74 Å². The molecule has 0 aliphatic carbocycles. The summed E-state index contributed by atoms with van der Waals surface area (Å²) < 4.78 is 5.77. The van der Waals surface area contributed by atoms with Gasteiger partial charge in [0, 0.05) is 17.0 Å². The standard InChI is InChI=1S/C10H10BrNO5/c11-7-4-8(12(15)16)6-9(5-7)17-3-1-2-10(13)14/h4-6H,1-3H2,(H,13,14). The number of carbonyl (C=O) groups is 1. The van der Waals surface area contributed by atoms with Crippen molar-refractivity contribution >= 4 is 27.6 Å². The fraction of sp³-hybridized carbons (Fsp3) is 0.300. The minimum atomic E-state index is -0.895. The van der Waals surface area contributed by atoms with Gasteiger partial charge in [-0.2, -0.15) is 0 Å². The summed E-state index contributed by atoms with van der Waals surface area (Å²) in [4.78, 5) is 20.3. The van der Waals surface area contributed by atoms with Crippen LogP contribution in [0.4, 0.5) is 5.69 Å². The van der Waals surface area contributed by atoms with E-state index in [-0.39, 0.29) is 18.7 Å². The lowest BCUT2D eigenvalue weighted by Crippen LogP contribution is -2.02. The normalized spacial score (nSPS) is 9.94. The molecule has 0 saturated carbocycles. The van der Waals surface area contributed by atoms with Crippen molar-refractivity contribution < 1.29 is 19.6 Å². The average Bonchev–Trinajstić information content (AvgIpc) is 2.23. The van der Waals surface area contributed by atoms with Crippen molar-refractivity contribution in [3.05, 3.63) is 32.8 Å². The Hall–Kier alpha value is -1.63. The number of non-ortho nitro benzene ring substituents is 1. The van der Waals surface area contributed by atoms with Crippen LogP contribution >= 0.6 is 15.9 Å². The van der Waals surface area contributed by atoms with Crippen LogP contribution in [0.2, 0.25) is 0 Å². The van der Waals surface area contributed by atoms with Gasteiger partial charge in [0.1, 0.15) is 5.75 Å². The second kappa shape index (κ2) is 6.19. The van der Waals surface area contributed by atoms with Gasteiger partial charge in [0.15, 0.2) is 0 Å². The Morgan fingerprint density at radius 2 is 2.18 bits per heavy atom. The van der Waals surface area contributed by atoms with Crippen LogP contribution in [0, 0.1) is 10.1 Å². The molecule has 7 heteroatoms. The van der Waals surface area contributed by atoms with Crippen molar-refractivity contribution in [3.8, 4) is 5.75 Å². The molecule has 0 saturated heterocycles. The summed E-state index contributed by atoms with van der Waals surface area (Å²) >= 11 is 3.13. The van der Waals surface area contributed by atoms with Crippen LogP contribution in [0.3, 0.4) is 0 Å². The Morgan fingerprint density at radius 3 is 2.76 bits per heavy atom. The molecule has 0 fully saturated rings. The molecule has 6 nitrogen and oxygen atoms in total. The fourth-order valence-corrected chi connectivity index (χ4v) is 1.61. The zero-order valence-electron chi connectivity index (χ0n) is 8.76. The number of carboxylic acids is 1. The summed E-state index contributed by atoms with van der Waals surface area (Å²) in [6.45, 7) is 0.208. The van der Waals surface area contributed by atoms with E-state index < -0.39 is 10.9 Å². The summed E-state index contributed by atoms with van der Waals surface area (Å²) in [7, 11) is 0. The van der Waals surface area contributed by atoms with Crippen LogP contribution in [0.1, 0.15) is 12.8 Å². The van der Waals surface area contributed by atoms with Gasteiger partial charge in [0.05, 0.1) is 17.6 Å². The smallest absolute Gasteiger partial charge is 0.303 e. The molecule has 17 heavy (non-hydrogen) atoms. The van der Waals surface area contributed by atoms with Gasteiger partial charge >= 0.3 is 5.97 Å². The van der Waals surface area contributed by atoms with E-state index in [1.165, 1.54) is 12.1 Å². The maximum Gasteiger partial charge on any atom is 0.303 e. The molecule has 0 spiro atoms. The number of aliphatic carboxylic acids is 1. The highest BCUT2D eigenvalue weighted by Gasteiger charge is 2.09. The molecule has 0 aliphatic heterocycles. The van der Waals surface area contributed by atoms with Gasteiger partial charge in [-0.15, -0.1) is 0 Å². The lowest BCUT2D eigenvalue weighted by Gasteiger charge is -2.05. The van der Waals surface area contributed by atoms with E-state index in [4.69, 9.17) is 9.84 Å². The Balaban J connectivity index is 2.59. The Kier molecular flexibility index (Phi) is 4.89. The predicted octanol–water partition coefficient (Wildman–Crippen LogP) is 2.60. The second-order valence-electron chi connectivity index (χ2n) is 3.25. The Labute approximate surface area is 105 Å². The van der Waals surface area contributed by atoms with E-state index in [1.807, 2.05) is 0 Å². The van der Waals surface area contributed by atoms with Crippen molar-refractivity contribution in [2.24, 2.45) is 0 Å². The molecule has 0 amide bonds. The maximum atomic E-state index is 10.6. The number of rotatable bonds is 6. The van der Waals surface area contributed by atoms with Gasteiger partial charge in [-0.1, -0.05) is 15.9 Å². The van der Waals surface area contributed by atoms with Gasteiger partial charge in [-0.05, 0) is 12.5 Å². The number of benzene rings is 1. The summed E-state index contributed by atoms with van der Waals surface area (Å²) in [5.41, 5.74) is -0.0763. The van der Waals surface area contributed by atoms with Crippen molar-refractivity contribution in [1.29, 1.82) is 0 Å². The number of ether oxygens (including phenoxy) is 1. The molecule has 0 aliphatic rings. The topological polar surface area (TPSA) is 89.7 Å². The van der Waals surface area contributed by atoms with Gasteiger partial charge in [-0.25, -0.2) is 0 Å². The largest absolute Gasteiger partial charge is 0.493 e. The highest BCUT2D eigenvalue weighted by molar-refractivity contribution is 9.10. The molecule has 0 bridgehead atoms. The Morgan fingerprint density at radius 1 is 1.47 bits per heavy atom. The number of halogens is 1. The predicted molar refractivity (Wildman–Crippen MR) is 63.2 cm³/mol. The first-order valence-corrected chi connectivity index (χ1v) is 5.58. The first-order valence-electron chi connectivity index (χ1n) is 4.78. The summed E-state index contributed by atoms with van der Waals surface area (Å²) in [5, 5.41) is 19.0. The second-order valence-corrected chi connectivity index (χ2v) is 4.16. The van der Waals surface area contributed by atoms with Crippen molar-refractivity contribution in [1.82, 2.24) is 0 Å². The van der Waals surface area contributed by atoms with E-state index in [0.29, 0.717) is 16.6 Å². The molecule has 0 unspecified atom stereocenters. The summed E-state index contributed by atoms with van der Waals surface area (Å²) in [6, 6.07) is 4.25. The number of nitro benzene ring substituents is 1. The van der Waals surface area contributed by atoms with E-state index in [0.717, 1.165) is 0 Å². The maximum absolute atomic E-state index is 10.6. The van der Waals surface area contributed by atoms with E-state index in [1.54, 1.807) is 6.07 Å². The van der Waals surface area contributed by atoms with Crippen LogP contribution in [0.25, 0.3) is 0 Å². The van der Waals surface area contributed by atoms with Crippen molar-refractivity contribution in [2.75, 3.05) is 6.61 Å². The third-order valence-electron chi connectivity index (χ3n) is 1.87. The average molecular weight is 304 g/mol. The minimum Gasteiger partial charge on any atom is -0.493 e. The van der Waals surface area contributed by atoms with Crippen LogP contribution in [-0.4, -0.2) is 22.6 Å². The molecular weight excluding hydrogens is 294 g/mol. The molecule has 1 rings (SSSR count). The lowest BCUT2D eigenvalue weighted by molar-refractivity contribution is -0.385.